The third kappa shape index (κ3) is 5.91. The molecule has 0 radical (unpaired) electrons. The summed E-state index contributed by atoms with van der Waals surface area (Å²) in [6.45, 7) is 12.9. The van der Waals surface area contributed by atoms with Crippen molar-refractivity contribution in [3.8, 4) is 0 Å². The maximum Gasteiger partial charge on any atom is 0.408 e. The minimum absolute atomic E-state index is 0.102. The summed E-state index contributed by atoms with van der Waals surface area (Å²) in [5.41, 5.74) is 0.513. The van der Waals surface area contributed by atoms with Crippen LogP contribution in [0.1, 0.15) is 59.7 Å². The molecule has 0 aromatic carbocycles. The molecular formula is C16H29N3O2S. The van der Waals surface area contributed by atoms with Gasteiger partial charge in [-0.1, -0.05) is 6.92 Å². The zero-order chi connectivity index (χ0) is 17.0. The second-order valence-electron chi connectivity index (χ2n) is 7.02. The van der Waals surface area contributed by atoms with Crippen LogP contribution in [-0.4, -0.2) is 32.2 Å². The summed E-state index contributed by atoms with van der Waals surface area (Å²) in [5, 5.41) is 2.94. The molecule has 5 nitrogen and oxygen atoms in total. The molecule has 0 unspecified atom stereocenters. The van der Waals surface area contributed by atoms with Crippen LogP contribution in [0.15, 0.2) is 12.5 Å². The number of amides is 1. The molecule has 0 fully saturated rings. The van der Waals surface area contributed by atoms with Crippen LogP contribution in [-0.2, 0) is 11.3 Å². The molecular weight excluding hydrogens is 298 g/mol. The van der Waals surface area contributed by atoms with Crippen LogP contribution in [0.5, 0.6) is 0 Å². The first-order valence-corrected chi connectivity index (χ1v) is 8.85. The molecule has 126 valence electrons. The van der Waals surface area contributed by atoms with E-state index >= 15 is 0 Å². The number of hydrogen-bond donors (Lipinski definition) is 1. The number of rotatable bonds is 6. The van der Waals surface area contributed by atoms with Crippen LogP contribution in [0, 0.1) is 0 Å². The fourth-order valence-electron chi connectivity index (χ4n) is 2.06. The Kier molecular flexibility index (Phi) is 6.35. The average Bonchev–Trinajstić information content (AvgIpc) is 2.81. The summed E-state index contributed by atoms with van der Waals surface area (Å²) < 4.78 is 7.57. The van der Waals surface area contributed by atoms with Gasteiger partial charge in [-0.25, -0.2) is 9.78 Å². The topological polar surface area (TPSA) is 56.1 Å². The van der Waals surface area contributed by atoms with Crippen LogP contribution >= 0.6 is 11.8 Å². The molecule has 1 aromatic heterocycles. The maximum atomic E-state index is 12.0. The van der Waals surface area contributed by atoms with Crippen molar-refractivity contribution in [1.29, 1.82) is 0 Å². The lowest BCUT2D eigenvalue weighted by Gasteiger charge is -2.27. The molecule has 1 N–H and O–H groups in total. The summed E-state index contributed by atoms with van der Waals surface area (Å²) in [6, 6.07) is -0.102. The summed E-state index contributed by atoms with van der Waals surface area (Å²) in [6.07, 6.45) is 6.14. The number of carbonyl (C=O) groups is 1. The van der Waals surface area contributed by atoms with Gasteiger partial charge in [0, 0.05) is 11.3 Å². The minimum atomic E-state index is -0.497. The summed E-state index contributed by atoms with van der Waals surface area (Å²) >= 11 is 1.81. The van der Waals surface area contributed by atoms with E-state index in [0.29, 0.717) is 0 Å². The molecule has 0 saturated carbocycles. The zero-order valence-electron chi connectivity index (χ0n) is 14.8. The van der Waals surface area contributed by atoms with Crippen LogP contribution in [0.2, 0.25) is 0 Å². The van der Waals surface area contributed by atoms with E-state index in [2.05, 4.69) is 35.0 Å². The summed E-state index contributed by atoms with van der Waals surface area (Å²) in [5.74, 6) is 0. The van der Waals surface area contributed by atoms with E-state index in [1.807, 2.05) is 52.0 Å². The van der Waals surface area contributed by atoms with Gasteiger partial charge in [-0.05, 0) is 47.3 Å². The second kappa shape index (κ2) is 7.40. The first-order valence-electron chi connectivity index (χ1n) is 7.62. The number of alkyl carbamates (subject to hydrolysis) is 1. The highest BCUT2D eigenvalue weighted by atomic mass is 32.2. The van der Waals surface area contributed by atoms with Gasteiger partial charge in [0.05, 0.1) is 24.3 Å². The Balaban J connectivity index is 2.84. The lowest BCUT2D eigenvalue weighted by atomic mass is 10.1. The van der Waals surface area contributed by atoms with Crippen molar-refractivity contribution in [1.82, 2.24) is 14.9 Å². The molecule has 1 heterocycles. The summed E-state index contributed by atoms with van der Waals surface area (Å²) in [4.78, 5) is 16.3. The zero-order valence-corrected chi connectivity index (χ0v) is 15.6. The first kappa shape index (κ1) is 18.9. The predicted octanol–water partition coefficient (Wildman–Crippen LogP) is 4.00. The molecule has 1 rings (SSSR count). The Labute approximate surface area is 138 Å². The standard InChI is InChI=1S/C16H29N3O2S/c1-8-12(18-14(20)21-15(2,3)4)13-9-17-11-19(13)10-16(5,6)22-7/h9,11-12H,8,10H2,1-7H3,(H,18,20)/t12-/m1/s1. The Bertz CT molecular complexity index is 492. The molecule has 0 aliphatic heterocycles. The van der Waals surface area contributed by atoms with Gasteiger partial charge in [-0.2, -0.15) is 11.8 Å². The third-order valence-electron chi connectivity index (χ3n) is 3.30. The van der Waals surface area contributed by atoms with E-state index in [4.69, 9.17) is 4.74 Å². The van der Waals surface area contributed by atoms with Crippen molar-refractivity contribution in [2.45, 2.75) is 70.9 Å². The molecule has 0 aliphatic carbocycles. The van der Waals surface area contributed by atoms with E-state index in [1.165, 1.54) is 0 Å². The van der Waals surface area contributed by atoms with Crippen molar-refractivity contribution in [3.05, 3.63) is 18.2 Å². The normalized spacial score (nSPS) is 13.8. The highest BCUT2D eigenvalue weighted by Crippen LogP contribution is 2.26. The highest BCUT2D eigenvalue weighted by Gasteiger charge is 2.24. The highest BCUT2D eigenvalue weighted by molar-refractivity contribution is 7.99. The van der Waals surface area contributed by atoms with Gasteiger partial charge in [0.1, 0.15) is 5.60 Å². The first-order chi connectivity index (χ1) is 10.1. The van der Waals surface area contributed by atoms with Crippen LogP contribution in [0.25, 0.3) is 0 Å². The molecule has 22 heavy (non-hydrogen) atoms. The third-order valence-corrected chi connectivity index (χ3v) is 4.54. The molecule has 1 amide bonds. The van der Waals surface area contributed by atoms with Crippen molar-refractivity contribution >= 4 is 17.9 Å². The lowest BCUT2D eigenvalue weighted by molar-refractivity contribution is 0.0500. The van der Waals surface area contributed by atoms with Crippen molar-refractivity contribution in [2.75, 3.05) is 6.26 Å². The van der Waals surface area contributed by atoms with Gasteiger partial charge in [-0.3, -0.25) is 0 Å². The predicted molar refractivity (Wildman–Crippen MR) is 92.2 cm³/mol. The van der Waals surface area contributed by atoms with Crippen LogP contribution in [0.4, 0.5) is 4.79 Å². The molecule has 6 heteroatoms. The quantitative estimate of drug-likeness (QED) is 0.858. The van der Waals surface area contributed by atoms with Crippen LogP contribution < -0.4 is 5.32 Å². The summed E-state index contributed by atoms with van der Waals surface area (Å²) in [7, 11) is 0. The number of imidazole rings is 1. The number of thioether (sulfide) groups is 1. The molecule has 1 atom stereocenters. The minimum Gasteiger partial charge on any atom is -0.444 e. The number of aromatic nitrogens is 2. The molecule has 1 aromatic rings. The Morgan fingerprint density at radius 3 is 2.55 bits per heavy atom. The molecule has 0 saturated heterocycles. The van der Waals surface area contributed by atoms with Gasteiger partial charge in [-0.15, -0.1) is 0 Å². The van der Waals surface area contributed by atoms with Crippen LogP contribution in [0.3, 0.4) is 0 Å². The van der Waals surface area contributed by atoms with Gasteiger partial charge in [0.25, 0.3) is 0 Å². The Morgan fingerprint density at radius 2 is 2.05 bits per heavy atom. The lowest BCUT2D eigenvalue weighted by Crippen LogP contribution is -2.36. The smallest absolute Gasteiger partial charge is 0.408 e. The molecule has 0 spiro atoms. The van der Waals surface area contributed by atoms with E-state index < -0.39 is 11.7 Å². The fraction of sp³-hybridized carbons (Fsp3) is 0.750. The molecule has 0 bridgehead atoms. The second-order valence-corrected chi connectivity index (χ2v) is 8.53. The van der Waals surface area contributed by atoms with E-state index in [9.17, 15) is 4.79 Å². The number of hydrogen-bond acceptors (Lipinski definition) is 4. The van der Waals surface area contributed by atoms with E-state index in [0.717, 1.165) is 18.7 Å². The maximum absolute atomic E-state index is 12.0. The monoisotopic (exact) mass is 327 g/mol. The van der Waals surface area contributed by atoms with Gasteiger partial charge >= 0.3 is 6.09 Å². The Morgan fingerprint density at radius 1 is 1.41 bits per heavy atom. The number of carbonyl (C=O) groups excluding carboxylic acids is 1. The van der Waals surface area contributed by atoms with Gasteiger partial charge < -0.3 is 14.6 Å². The largest absolute Gasteiger partial charge is 0.444 e. The molecule has 0 aliphatic rings. The van der Waals surface area contributed by atoms with Crippen molar-refractivity contribution < 1.29 is 9.53 Å². The Hall–Kier alpha value is -1.17. The average molecular weight is 327 g/mol. The van der Waals surface area contributed by atoms with E-state index in [1.54, 1.807) is 0 Å². The van der Waals surface area contributed by atoms with Gasteiger partial charge in [0.15, 0.2) is 0 Å². The number of ether oxygens (including phenoxy) is 1. The van der Waals surface area contributed by atoms with Gasteiger partial charge in [0.2, 0.25) is 0 Å². The van der Waals surface area contributed by atoms with Crippen molar-refractivity contribution in [3.63, 3.8) is 0 Å². The fourth-order valence-corrected chi connectivity index (χ4v) is 2.33. The van der Waals surface area contributed by atoms with Crippen molar-refractivity contribution in [2.24, 2.45) is 0 Å². The number of nitrogens with zero attached hydrogens (tertiary/aromatic N) is 2. The SMILES string of the molecule is CC[C@@H](NC(=O)OC(C)(C)C)c1cncn1CC(C)(C)SC. The number of nitrogens with one attached hydrogen (secondary N) is 1. The van der Waals surface area contributed by atoms with E-state index in [-0.39, 0.29) is 10.8 Å².